The van der Waals surface area contributed by atoms with E-state index in [1.807, 2.05) is 0 Å². The number of alkyl halides is 3. The van der Waals surface area contributed by atoms with Gasteiger partial charge in [-0.15, -0.1) is 11.3 Å². The van der Waals surface area contributed by atoms with Crippen molar-refractivity contribution < 1.29 is 31.9 Å². The molecule has 0 aliphatic heterocycles. The van der Waals surface area contributed by atoms with Crippen LogP contribution >= 0.6 is 11.3 Å². The second-order valence-corrected chi connectivity index (χ2v) is 7.45. The van der Waals surface area contributed by atoms with Gasteiger partial charge < -0.3 is 19.6 Å². The van der Waals surface area contributed by atoms with Gasteiger partial charge in [0.05, 0.1) is 31.7 Å². The van der Waals surface area contributed by atoms with E-state index in [0.717, 1.165) is 17.4 Å². The second kappa shape index (κ2) is 7.62. The normalized spacial score (nSPS) is 11.6. The van der Waals surface area contributed by atoms with Crippen LogP contribution in [0.4, 0.5) is 18.9 Å². The summed E-state index contributed by atoms with van der Waals surface area (Å²) in [4.78, 5) is 17.3. The SMILES string of the molecule is COc1ccc(C(=O)c2sc3nc(-c4ccco4)cc(C(F)(F)F)c3c2N)cc1OC. The van der Waals surface area contributed by atoms with Crippen molar-refractivity contribution in [1.29, 1.82) is 0 Å². The Bertz CT molecular complexity index is 1280. The number of furan rings is 1. The van der Waals surface area contributed by atoms with Crippen molar-refractivity contribution >= 4 is 33.0 Å². The number of fused-ring (bicyclic) bond motifs is 1. The lowest BCUT2D eigenvalue weighted by Gasteiger charge is -2.10. The number of nitrogens with zero attached hydrogens (tertiary/aromatic N) is 1. The van der Waals surface area contributed by atoms with Crippen LogP contribution in [0.1, 0.15) is 20.8 Å². The number of carbonyl (C=O) groups excluding carboxylic acids is 1. The Labute approximate surface area is 178 Å². The highest BCUT2D eigenvalue weighted by atomic mass is 32.1. The topological polar surface area (TPSA) is 87.6 Å². The summed E-state index contributed by atoms with van der Waals surface area (Å²) in [6, 6.07) is 8.38. The molecule has 3 heterocycles. The number of anilines is 1. The second-order valence-electron chi connectivity index (χ2n) is 6.45. The van der Waals surface area contributed by atoms with E-state index in [4.69, 9.17) is 19.6 Å². The van der Waals surface area contributed by atoms with Crippen LogP contribution in [0.2, 0.25) is 0 Å². The number of methoxy groups -OCH3 is 2. The van der Waals surface area contributed by atoms with Gasteiger partial charge in [-0.05, 0) is 36.4 Å². The zero-order valence-electron chi connectivity index (χ0n) is 16.2. The molecule has 0 bridgehead atoms. The van der Waals surface area contributed by atoms with Gasteiger partial charge in [0, 0.05) is 10.9 Å². The first-order valence-electron chi connectivity index (χ1n) is 8.85. The molecule has 160 valence electrons. The third kappa shape index (κ3) is 3.59. The first-order chi connectivity index (χ1) is 14.7. The summed E-state index contributed by atoms with van der Waals surface area (Å²) in [6.45, 7) is 0. The van der Waals surface area contributed by atoms with Crippen LogP contribution in [-0.4, -0.2) is 25.0 Å². The maximum Gasteiger partial charge on any atom is 0.417 e. The van der Waals surface area contributed by atoms with Crippen LogP contribution in [0.15, 0.2) is 47.1 Å². The molecule has 6 nitrogen and oxygen atoms in total. The minimum atomic E-state index is -4.71. The molecule has 2 N–H and O–H groups in total. The van der Waals surface area contributed by atoms with Gasteiger partial charge in [-0.3, -0.25) is 4.79 Å². The predicted octanol–water partition coefficient (Wildman–Crippen LogP) is 5.41. The number of aromatic nitrogens is 1. The molecule has 0 aliphatic carbocycles. The number of ether oxygens (including phenoxy) is 2. The van der Waals surface area contributed by atoms with E-state index >= 15 is 0 Å². The molecule has 4 rings (SSSR count). The highest BCUT2D eigenvalue weighted by Gasteiger charge is 2.36. The van der Waals surface area contributed by atoms with E-state index in [-0.39, 0.29) is 37.8 Å². The first kappa shape index (κ1) is 20.7. The van der Waals surface area contributed by atoms with E-state index < -0.39 is 17.5 Å². The third-order valence-electron chi connectivity index (χ3n) is 4.63. The molecule has 4 aromatic rings. The summed E-state index contributed by atoms with van der Waals surface area (Å²) in [6.07, 6.45) is -3.37. The Hall–Kier alpha value is -3.53. The molecule has 0 amide bonds. The van der Waals surface area contributed by atoms with Crippen molar-refractivity contribution in [1.82, 2.24) is 4.98 Å². The summed E-state index contributed by atoms with van der Waals surface area (Å²) in [5.74, 6) is 0.344. The largest absolute Gasteiger partial charge is 0.493 e. The fourth-order valence-electron chi connectivity index (χ4n) is 3.17. The quantitative estimate of drug-likeness (QED) is 0.411. The fourth-order valence-corrected chi connectivity index (χ4v) is 4.25. The molecule has 0 unspecified atom stereocenters. The summed E-state index contributed by atoms with van der Waals surface area (Å²) >= 11 is 0.793. The molecule has 0 saturated heterocycles. The van der Waals surface area contributed by atoms with Gasteiger partial charge in [-0.25, -0.2) is 4.98 Å². The van der Waals surface area contributed by atoms with Gasteiger partial charge in [0.15, 0.2) is 17.3 Å². The molecule has 31 heavy (non-hydrogen) atoms. The van der Waals surface area contributed by atoms with Crippen LogP contribution in [0.5, 0.6) is 11.5 Å². The van der Waals surface area contributed by atoms with Gasteiger partial charge in [0.25, 0.3) is 0 Å². The molecule has 0 spiro atoms. The summed E-state index contributed by atoms with van der Waals surface area (Å²) in [7, 11) is 2.86. The number of hydrogen-bond donors (Lipinski definition) is 1. The van der Waals surface area contributed by atoms with Crippen LogP contribution in [0.25, 0.3) is 21.7 Å². The van der Waals surface area contributed by atoms with Crippen LogP contribution < -0.4 is 15.2 Å². The number of nitrogen functional groups attached to an aromatic ring is 1. The summed E-state index contributed by atoms with van der Waals surface area (Å²) in [5, 5.41) is -0.309. The van der Waals surface area contributed by atoms with E-state index in [1.54, 1.807) is 6.07 Å². The van der Waals surface area contributed by atoms with Crippen molar-refractivity contribution in [2.75, 3.05) is 20.0 Å². The van der Waals surface area contributed by atoms with Crippen LogP contribution in [0.3, 0.4) is 0 Å². The molecule has 0 fully saturated rings. The van der Waals surface area contributed by atoms with Crippen molar-refractivity contribution in [2.24, 2.45) is 0 Å². The molecule has 0 aliphatic rings. The predicted molar refractivity (Wildman–Crippen MR) is 110 cm³/mol. The lowest BCUT2D eigenvalue weighted by molar-refractivity contribution is -0.136. The Morgan fingerprint density at radius 3 is 2.48 bits per heavy atom. The maximum atomic E-state index is 13.8. The Kier molecular flexibility index (Phi) is 5.10. The zero-order valence-corrected chi connectivity index (χ0v) is 17.1. The van der Waals surface area contributed by atoms with E-state index in [9.17, 15) is 18.0 Å². The number of halogens is 3. The maximum absolute atomic E-state index is 13.8. The number of benzene rings is 1. The van der Waals surface area contributed by atoms with Crippen molar-refractivity contribution in [3.63, 3.8) is 0 Å². The van der Waals surface area contributed by atoms with Gasteiger partial charge in [0.2, 0.25) is 5.78 Å². The summed E-state index contributed by atoms with van der Waals surface area (Å²) < 4.78 is 57.0. The Balaban J connectivity index is 1.90. The average Bonchev–Trinajstić information content (AvgIpc) is 3.40. The molecule has 3 aromatic heterocycles. The standard InChI is InChI=1S/C21H15F3N2O4S/c1-28-14-6-5-10(8-15(14)29-2)18(27)19-17(25)16-11(21(22,23)24)9-12(26-20(16)31-19)13-4-3-7-30-13/h3-9H,25H2,1-2H3. The van der Waals surface area contributed by atoms with Gasteiger partial charge >= 0.3 is 6.18 Å². The molecule has 1 aromatic carbocycles. The number of hydrogen-bond acceptors (Lipinski definition) is 7. The smallest absolute Gasteiger partial charge is 0.417 e. The first-order valence-corrected chi connectivity index (χ1v) is 9.67. The zero-order chi connectivity index (χ0) is 22.3. The lowest BCUT2D eigenvalue weighted by atomic mass is 10.0. The fraction of sp³-hybridized carbons (Fsp3) is 0.143. The number of nitrogens with two attached hydrogens (primary N) is 1. The molecule has 0 radical (unpaired) electrons. The van der Waals surface area contributed by atoms with Crippen molar-refractivity contribution in [2.45, 2.75) is 6.18 Å². The number of thiophene rings is 1. The van der Waals surface area contributed by atoms with E-state index in [1.165, 1.54) is 44.7 Å². The van der Waals surface area contributed by atoms with Gasteiger partial charge in [-0.2, -0.15) is 13.2 Å². The molecular weight excluding hydrogens is 433 g/mol. The number of rotatable bonds is 5. The van der Waals surface area contributed by atoms with Crippen LogP contribution in [-0.2, 0) is 6.18 Å². The Morgan fingerprint density at radius 2 is 1.87 bits per heavy atom. The molecule has 0 atom stereocenters. The Morgan fingerprint density at radius 1 is 1.13 bits per heavy atom. The molecule has 10 heteroatoms. The molecular formula is C21H15F3N2O4S. The van der Waals surface area contributed by atoms with Gasteiger partial charge in [0.1, 0.15) is 15.4 Å². The highest BCUT2D eigenvalue weighted by Crippen LogP contribution is 2.44. The highest BCUT2D eigenvalue weighted by molar-refractivity contribution is 7.21. The number of carbonyl (C=O) groups is 1. The monoisotopic (exact) mass is 448 g/mol. The number of ketones is 1. The van der Waals surface area contributed by atoms with Gasteiger partial charge in [-0.1, -0.05) is 0 Å². The summed E-state index contributed by atoms with van der Waals surface area (Å²) in [5.41, 5.74) is 4.97. The lowest BCUT2D eigenvalue weighted by Crippen LogP contribution is -2.08. The van der Waals surface area contributed by atoms with Crippen LogP contribution in [0, 0.1) is 0 Å². The van der Waals surface area contributed by atoms with E-state index in [0.29, 0.717) is 11.5 Å². The third-order valence-corrected chi connectivity index (χ3v) is 5.73. The minimum Gasteiger partial charge on any atom is -0.493 e. The van der Waals surface area contributed by atoms with Crippen molar-refractivity contribution in [3.05, 3.63) is 58.7 Å². The minimum absolute atomic E-state index is 0.00353. The van der Waals surface area contributed by atoms with E-state index in [2.05, 4.69) is 4.98 Å². The van der Waals surface area contributed by atoms with Crippen molar-refractivity contribution in [3.8, 4) is 23.0 Å². The number of pyridine rings is 1. The molecule has 0 saturated carbocycles. The average molecular weight is 448 g/mol.